The lowest BCUT2D eigenvalue weighted by atomic mass is 9.98. The van der Waals surface area contributed by atoms with Crippen molar-refractivity contribution >= 4 is 28.5 Å². The fourth-order valence-corrected chi connectivity index (χ4v) is 3.53. The number of hydrogen-bond donors (Lipinski definition) is 2. The number of ether oxygens (including phenoxy) is 1. The van der Waals surface area contributed by atoms with Crippen LogP contribution in [0, 0.1) is 15.2 Å². The number of imidazole rings is 1. The number of nitrogens with zero attached hydrogens (tertiary/aromatic N) is 2. The van der Waals surface area contributed by atoms with Crippen molar-refractivity contribution in [3.63, 3.8) is 0 Å². The van der Waals surface area contributed by atoms with Gasteiger partial charge in [0, 0.05) is 41.4 Å². The second-order valence-electron chi connectivity index (χ2n) is 6.77. The maximum atomic E-state index is 14.2. The van der Waals surface area contributed by atoms with E-state index in [9.17, 15) is 18.7 Å². The number of aromatic nitrogens is 2. The van der Waals surface area contributed by atoms with Crippen LogP contribution in [0.25, 0.3) is 0 Å². The average Bonchev–Trinajstić information content (AvgIpc) is 3.16. The molecule has 3 aromatic rings. The number of aliphatic hydroxyl groups is 1. The first-order valence-electron chi connectivity index (χ1n) is 9.16. The molecule has 0 fully saturated rings. The van der Waals surface area contributed by atoms with Crippen LogP contribution in [-0.4, -0.2) is 33.3 Å². The highest BCUT2D eigenvalue weighted by molar-refractivity contribution is 14.1. The maximum absolute atomic E-state index is 14.2. The van der Waals surface area contributed by atoms with E-state index >= 15 is 0 Å². The predicted octanol–water partition coefficient (Wildman–Crippen LogP) is 3.29. The molecule has 0 unspecified atom stereocenters. The van der Waals surface area contributed by atoms with Crippen molar-refractivity contribution in [3.05, 3.63) is 80.9 Å². The van der Waals surface area contributed by atoms with E-state index in [1.54, 1.807) is 35.4 Å². The van der Waals surface area contributed by atoms with E-state index in [1.807, 2.05) is 22.6 Å². The van der Waals surface area contributed by atoms with Crippen molar-refractivity contribution in [2.24, 2.45) is 5.73 Å². The van der Waals surface area contributed by atoms with Crippen LogP contribution < -0.4 is 10.5 Å². The standard InChI is InChI=1S/C21H20F2IN3O3/c22-15-8-14(7-13-1-2-16(24)10-18(13)23)20(21(25)29)19(9-15)30-6-3-17(28)11-27-5-4-26-12-27/h1-2,4-5,8-10,12,17,28H,3,6-7,11H2,(H2,25,29)/t17-/m1/s1. The van der Waals surface area contributed by atoms with Gasteiger partial charge in [-0.15, -0.1) is 0 Å². The Labute approximate surface area is 185 Å². The minimum absolute atomic E-state index is 0.00144. The highest BCUT2D eigenvalue weighted by atomic mass is 127. The molecule has 9 heteroatoms. The number of rotatable bonds is 9. The number of carbonyl (C=O) groups excluding carboxylic acids is 1. The Morgan fingerprint density at radius 1 is 1.27 bits per heavy atom. The zero-order valence-electron chi connectivity index (χ0n) is 15.9. The fourth-order valence-electron chi connectivity index (χ4n) is 3.07. The van der Waals surface area contributed by atoms with Gasteiger partial charge in [-0.3, -0.25) is 4.79 Å². The number of benzene rings is 2. The van der Waals surface area contributed by atoms with Gasteiger partial charge in [-0.05, 0) is 51.9 Å². The van der Waals surface area contributed by atoms with E-state index in [0.717, 1.165) is 15.7 Å². The van der Waals surface area contributed by atoms with Gasteiger partial charge in [0.15, 0.2) is 0 Å². The number of amides is 1. The summed E-state index contributed by atoms with van der Waals surface area (Å²) in [5, 5.41) is 10.1. The summed E-state index contributed by atoms with van der Waals surface area (Å²) in [6, 6.07) is 6.88. The molecular formula is C21H20F2IN3O3. The first-order valence-corrected chi connectivity index (χ1v) is 10.2. The van der Waals surface area contributed by atoms with Gasteiger partial charge in [-0.1, -0.05) is 6.07 Å². The van der Waals surface area contributed by atoms with Gasteiger partial charge in [0.05, 0.1) is 24.6 Å². The van der Waals surface area contributed by atoms with Gasteiger partial charge in [-0.25, -0.2) is 13.8 Å². The molecule has 1 amide bonds. The average molecular weight is 527 g/mol. The first-order chi connectivity index (χ1) is 14.3. The highest BCUT2D eigenvalue weighted by Gasteiger charge is 2.19. The Morgan fingerprint density at radius 3 is 2.73 bits per heavy atom. The molecular weight excluding hydrogens is 507 g/mol. The van der Waals surface area contributed by atoms with Crippen LogP contribution in [-0.2, 0) is 13.0 Å². The van der Waals surface area contributed by atoms with E-state index < -0.39 is 23.6 Å². The molecule has 1 heterocycles. The van der Waals surface area contributed by atoms with E-state index in [2.05, 4.69) is 4.98 Å². The number of halogens is 3. The van der Waals surface area contributed by atoms with Gasteiger partial charge in [0.1, 0.15) is 17.4 Å². The largest absolute Gasteiger partial charge is 0.493 e. The van der Waals surface area contributed by atoms with Crippen molar-refractivity contribution in [1.29, 1.82) is 0 Å². The normalized spacial score (nSPS) is 12.0. The smallest absolute Gasteiger partial charge is 0.252 e. The minimum Gasteiger partial charge on any atom is -0.493 e. The summed E-state index contributed by atoms with van der Waals surface area (Å²) < 4.78 is 36.4. The van der Waals surface area contributed by atoms with Crippen molar-refractivity contribution in [2.75, 3.05) is 6.61 Å². The predicted molar refractivity (Wildman–Crippen MR) is 115 cm³/mol. The van der Waals surface area contributed by atoms with Crippen LogP contribution in [0.5, 0.6) is 5.75 Å². The summed E-state index contributed by atoms with van der Waals surface area (Å²) in [4.78, 5) is 16.0. The van der Waals surface area contributed by atoms with E-state index in [-0.39, 0.29) is 36.3 Å². The van der Waals surface area contributed by atoms with Crippen LogP contribution in [0.2, 0.25) is 0 Å². The van der Waals surface area contributed by atoms with E-state index in [4.69, 9.17) is 10.5 Å². The van der Waals surface area contributed by atoms with Crippen molar-refractivity contribution < 1.29 is 23.4 Å². The number of primary amides is 1. The third-order valence-corrected chi connectivity index (χ3v) is 5.15. The number of carbonyl (C=O) groups is 1. The maximum Gasteiger partial charge on any atom is 0.252 e. The molecule has 3 rings (SSSR count). The minimum atomic E-state index is -0.801. The van der Waals surface area contributed by atoms with Crippen LogP contribution in [0.3, 0.4) is 0 Å². The van der Waals surface area contributed by atoms with Crippen LogP contribution >= 0.6 is 22.6 Å². The van der Waals surface area contributed by atoms with Crippen LogP contribution in [0.1, 0.15) is 27.9 Å². The lowest BCUT2D eigenvalue weighted by Gasteiger charge is -2.16. The zero-order valence-corrected chi connectivity index (χ0v) is 18.1. The van der Waals surface area contributed by atoms with Gasteiger partial charge in [-0.2, -0.15) is 0 Å². The number of hydrogen-bond acceptors (Lipinski definition) is 4. The third kappa shape index (κ3) is 5.76. The highest BCUT2D eigenvalue weighted by Crippen LogP contribution is 2.27. The molecule has 158 valence electrons. The molecule has 0 saturated heterocycles. The molecule has 3 N–H and O–H groups in total. The van der Waals surface area contributed by atoms with Crippen molar-refractivity contribution in [1.82, 2.24) is 9.55 Å². The van der Waals surface area contributed by atoms with E-state index in [1.165, 1.54) is 6.07 Å². The van der Waals surface area contributed by atoms with Crippen molar-refractivity contribution in [2.45, 2.75) is 25.5 Å². The molecule has 0 radical (unpaired) electrons. The third-order valence-electron chi connectivity index (χ3n) is 4.48. The molecule has 0 bridgehead atoms. The van der Waals surface area contributed by atoms with Crippen LogP contribution in [0.4, 0.5) is 8.78 Å². The Kier molecular flexibility index (Phi) is 7.38. The molecule has 2 aromatic carbocycles. The number of aliphatic hydroxyl groups excluding tert-OH is 1. The van der Waals surface area contributed by atoms with Crippen LogP contribution in [0.15, 0.2) is 49.1 Å². The lowest BCUT2D eigenvalue weighted by Crippen LogP contribution is -2.20. The Hall–Kier alpha value is -2.53. The summed E-state index contributed by atoms with van der Waals surface area (Å²) in [7, 11) is 0. The Bertz CT molecular complexity index is 1030. The fraction of sp³-hybridized carbons (Fsp3) is 0.238. The van der Waals surface area contributed by atoms with Gasteiger partial charge in [0.2, 0.25) is 0 Å². The van der Waals surface area contributed by atoms with Gasteiger partial charge < -0.3 is 20.1 Å². The van der Waals surface area contributed by atoms with Gasteiger partial charge in [0.25, 0.3) is 5.91 Å². The Balaban J connectivity index is 1.76. The molecule has 0 saturated carbocycles. The SMILES string of the molecule is NC(=O)c1c(Cc2ccc(I)cc2F)cc(F)cc1OCC[C@@H](O)Cn1ccnc1. The molecule has 1 atom stereocenters. The zero-order chi connectivity index (χ0) is 21.7. The second-order valence-corrected chi connectivity index (χ2v) is 8.01. The monoisotopic (exact) mass is 527 g/mol. The molecule has 0 aliphatic heterocycles. The molecule has 0 aliphatic carbocycles. The summed E-state index contributed by atoms with van der Waals surface area (Å²) in [5.41, 5.74) is 6.05. The summed E-state index contributed by atoms with van der Waals surface area (Å²) in [6.07, 6.45) is 4.42. The topological polar surface area (TPSA) is 90.4 Å². The second kappa shape index (κ2) is 9.98. The van der Waals surface area contributed by atoms with Gasteiger partial charge >= 0.3 is 0 Å². The molecule has 0 aliphatic rings. The lowest BCUT2D eigenvalue weighted by molar-refractivity contribution is 0.0992. The first kappa shape index (κ1) is 22.2. The molecule has 6 nitrogen and oxygen atoms in total. The summed E-state index contributed by atoms with van der Waals surface area (Å²) in [6.45, 7) is 0.365. The molecule has 1 aromatic heterocycles. The van der Waals surface area contributed by atoms with E-state index in [0.29, 0.717) is 12.1 Å². The summed E-state index contributed by atoms with van der Waals surface area (Å²) >= 11 is 1.99. The van der Waals surface area contributed by atoms with Crippen molar-refractivity contribution in [3.8, 4) is 5.75 Å². The molecule has 30 heavy (non-hydrogen) atoms. The molecule has 0 spiro atoms. The summed E-state index contributed by atoms with van der Waals surface area (Å²) in [5.74, 6) is -1.91. The quantitative estimate of drug-likeness (QED) is 0.418. The number of nitrogens with two attached hydrogens (primary N) is 1. The Morgan fingerprint density at radius 2 is 2.07 bits per heavy atom.